The zero-order valence-electron chi connectivity index (χ0n) is 13.5. The van der Waals surface area contributed by atoms with Gasteiger partial charge in [-0.05, 0) is 51.6 Å². The third-order valence-electron chi connectivity index (χ3n) is 3.27. The summed E-state index contributed by atoms with van der Waals surface area (Å²) in [4.78, 5) is 26.3. The van der Waals surface area contributed by atoms with E-state index in [1.54, 1.807) is 46.5 Å². The van der Waals surface area contributed by atoms with Gasteiger partial charge in [0.25, 0.3) is 0 Å². The van der Waals surface area contributed by atoms with Crippen molar-refractivity contribution in [2.45, 2.75) is 43.7 Å². The molecule has 0 radical (unpaired) electrons. The highest BCUT2D eigenvalue weighted by atomic mass is 32.2. The topological polar surface area (TPSA) is 46.6 Å². The average Bonchev–Trinajstić information content (AvgIpc) is 2.44. The van der Waals surface area contributed by atoms with Crippen molar-refractivity contribution >= 4 is 24.1 Å². The number of ether oxygens (including phenoxy) is 1. The molecule has 0 N–H and O–H groups in total. The van der Waals surface area contributed by atoms with Crippen molar-refractivity contribution in [3.63, 3.8) is 0 Å². The number of amides is 1. The van der Waals surface area contributed by atoms with Gasteiger partial charge in [0.2, 0.25) is 0 Å². The van der Waals surface area contributed by atoms with E-state index in [1.807, 2.05) is 30.5 Å². The Morgan fingerprint density at radius 2 is 1.71 bits per heavy atom. The Hall–Kier alpha value is -1.49. The minimum atomic E-state index is -1.06. The van der Waals surface area contributed by atoms with Gasteiger partial charge >= 0.3 is 6.09 Å². The van der Waals surface area contributed by atoms with Crippen molar-refractivity contribution in [1.29, 1.82) is 0 Å². The van der Waals surface area contributed by atoms with Crippen molar-refractivity contribution < 1.29 is 14.3 Å². The summed E-state index contributed by atoms with van der Waals surface area (Å²) in [6.07, 6.45) is 2.23. The maximum absolute atomic E-state index is 12.2. The maximum atomic E-state index is 12.2. The van der Waals surface area contributed by atoms with Crippen molar-refractivity contribution in [3.8, 4) is 0 Å². The van der Waals surface area contributed by atoms with Crippen LogP contribution in [0.2, 0.25) is 0 Å². The van der Waals surface area contributed by atoms with Crippen LogP contribution in [0.15, 0.2) is 29.2 Å². The molecule has 0 bridgehead atoms. The maximum Gasteiger partial charge on any atom is 0.411 e. The van der Waals surface area contributed by atoms with Crippen LogP contribution < -0.4 is 0 Å². The Bertz CT molecular complexity index is 507. The lowest BCUT2D eigenvalue weighted by Gasteiger charge is -2.35. The van der Waals surface area contributed by atoms with Crippen LogP contribution >= 0.6 is 11.8 Å². The van der Waals surface area contributed by atoms with E-state index in [0.717, 1.165) is 16.7 Å². The molecule has 116 valence electrons. The Morgan fingerprint density at radius 3 is 2.10 bits per heavy atom. The molecule has 0 aliphatic rings. The monoisotopic (exact) mass is 309 g/mol. The summed E-state index contributed by atoms with van der Waals surface area (Å²) in [5.41, 5.74) is -0.902. The molecule has 0 aromatic heterocycles. The molecule has 0 spiro atoms. The summed E-state index contributed by atoms with van der Waals surface area (Å²) >= 11 is 1.62. The number of benzene rings is 1. The predicted octanol–water partition coefficient (Wildman–Crippen LogP) is 3.69. The fourth-order valence-electron chi connectivity index (χ4n) is 1.79. The first-order valence-corrected chi connectivity index (χ1v) is 7.94. The highest BCUT2D eigenvalue weighted by Crippen LogP contribution is 2.28. The molecule has 0 aliphatic heterocycles. The number of hydrogen-bond donors (Lipinski definition) is 0. The lowest BCUT2D eigenvalue weighted by Crippen LogP contribution is -2.48. The molecule has 0 aliphatic carbocycles. The van der Waals surface area contributed by atoms with E-state index in [9.17, 15) is 9.59 Å². The van der Waals surface area contributed by atoms with Gasteiger partial charge in [-0.25, -0.2) is 4.79 Å². The van der Waals surface area contributed by atoms with Gasteiger partial charge in [0, 0.05) is 11.9 Å². The van der Waals surface area contributed by atoms with E-state index >= 15 is 0 Å². The minimum Gasteiger partial charge on any atom is -0.444 e. The molecule has 0 fully saturated rings. The molecule has 1 unspecified atom stereocenters. The SMILES string of the molecule is CSc1ccc(C(C)(C=O)N(C)C(=O)OC(C)(C)C)cc1. The second kappa shape index (κ2) is 6.52. The first-order chi connectivity index (χ1) is 9.64. The van der Waals surface area contributed by atoms with E-state index in [0.29, 0.717) is 0 Å². The Morgan fingerprint density at radius 1 is 1.19 bits per heavy atom. The number of thioether (sulfide) groups is 1. The molecule has 0 saturated heterocycles. The number of nitrogens with zero attached hydrogens (tertiary/aromatic N) is 1. The van der Waals surface area contributed by atoms with Crippen molar-refractivity contribution in [2.24, 2.45) is 0 Å². The van der Waals surface area contributed by atoms with Crippen LogP contribution in [-0.4, -0.2) is 36.2 Å². The predicted molar refractivity (Wildman–Crippen MR) is 85.6 cm³/mol. The molecule has 1 rings (SSSR count). The molecule has 1 aromatic carbocycles. The third kappa shape index (κ3) is 4.24. The van der Waals surface area contributed by atoms with Crippen molar-refractivity contribution in [2.75, 3.05) is 13.3 Å². The largest absolute Gasteiger partial charge is 0.444 e. The van der Waals surface area contributed by atoms with Gasteiger partial charge in [0.05, 0.1) is 0 Å². The smallest absolute Gasteiger partial charge is 0.411 e. The van der Waals surface area contributed by atoms with E-state index in [4.69, 9.17) is 4.74 Å². The second-order valence-electron chi connectivity index (χ2n) is 6.03. The zero-order valence-corrected chi connectivity index (χ0v) is 14.3. The molecule has 0 heterocycles. The molecule has 5 heteroatoms. The molecule has 0 saturated carbocycles. The lowest BCUT2D eigenvalue weighted by atomic mass is 9.92. The van der Waals surface area contributed by atoms with Crippen LogP contribution in [0.5, 0.6) is 0 Å². The lowest BCUT2D eigenvalue weighted by molar-refractivity contribution is -0.117. The van der Waals surface area contributed by atoms with Gasteiger partial charge in [0.15, 0.2) is 0 Å². The second-order valence-corrected chi connectivity index (χ2v) is 6.91. The highest BCUT2D eigenvalue weighted by Gasteiger charge is 2.36. The fourth-order valence-corrected chi connectivity index (χ4v) is 2.20. The van der Waals surface area contributed by atoms with Gasteiger partial charge in [-0.3, -0.25) is 4.90 Å². The Labute approximate surface area is 130 Å². The van der Waals surface area contributed by atoms with E-state index in [-0.39, 0.29) is 0 Å². The zero-order chi connectivity index (χ0) is 16.3. The van der Waals surface area contributed by atoms with Crippen molar-refractivity contribution in [3.05, 3.63) is 29.8 Å². The van der Waals surface area contributed by atoms with Gasteiger partial charge in [0.1, 0.15) is 17.4 Å². The fraction of sp³-hybridized carbons (Fsp3) is 0.500. The van der Waals surface area contributed by atoms with Crippen molar-refractivity contribution in [1.82, 2.24) is 4.90 Å². The molecular weight excluding hydrogens is 286 g/mol. The van der Waals surface area contributed by atoms with Gasteiger partial charge in [-0.15, -0.1) is 11.8 Å². The minimum absolute atomic E-state index is 0.522. The standard InChI is InChI=1S/C16H23NO3S/c1-15(2,3)20-14(19)17(5)16(4,11-18)12-7-9-13(21-6)10-8-12/h7-11H,1-6H3. The Balaban J connectivity index is 3.07. The van der Waals surface area contributed by atoms with Crippen LogP contribution in [-0.2, 0) is 15.1 Å². The average molecular weight is 309 g/mol. The number of aldehydes is 1. The summed E-state index contributed by atoms with van der Waals surface area (Å²) < 4.78 is 5.34. The molecular formula is C16H23NO3S. The number of carbonyl (C=O) groups excluding carboxylic acids is 2. The third-order valence-corrected chi connectivity index (χ3v) is 4.01. The van der Waals surface area contributed by atoms with Crippen LogP contribution in [0, 0.1) is 0 Å². The molecule has 1 atom stereocenters. The van der Waals surface area contributed by atoms with E-state index < -0.39 is 17.2 Å². The van der Waals surface area contributed by atoms with Gasteiger partial charge < -0.3 is 9.53 Å². The molecule has 1 aromatic rings. The molecule has 21 heavy (non-hydrogen) atoms. The van der Waals surface area contributed by atoms with E-state index in [2.05, 4.69) is 0 Å². The normalized spacial score (nSPS) is 14.2. The quantitative estimate of drug-likeness (QED) is 0.628. The van der Waals surface area contributed by atoms with E-state index in [1.165, 1.54) is 4.90 Å². The van der Waals surface area contributed by atoms with Crippen LogP contribution in [0.3, 0.4) is 0 Å². The summed E-state index contributed by atoms with van der Waals surface area (Å²) in [5, 5.41) is 0. The summed E-state index contributed by atoms with van der Waals surface area (Å²) in [5.74, 6) is 0. The first-order valence-electron chi connectivity index (χ1n) is 6.71. The summed E-state index contributed by atoms with van der Waals surface area (Å²) in [7, 11) is 1.57. The molecule has 1 amide bonds. The highest BCUT2D eigenvalue weighted by molar-refractivity contribution is 7.98. The first kappa shape index (κ1) is 17.6. The van der Waals surface area contributed by atoms with Crippen LogP contribution in [0.1, 0.15) is 33.3 Å². The number of likely N-dealkylation sites (N-methyl/N-ethyl adjacent to an activating group) is 1. The Kier molecular flexibility index (Phi) is 5.45. The van der Waals surface area contributed by atoms with Crippen LogP contribution in [0.4, 0.5) is 4.79 Å². The number of carbonyl (C=O) groups is 2. The summed E-state index contributed by atoms with van der Waals surface area (Å²) in [6.45, 7) is 7.09. The van der Waals surface area contributed by atoms with Crippen LogP contribution in [0.25, 0.3) is 0 Å². The molecule has 4 nitrogen and oxygen atoms in total. The van der Waals surface area contributed by atoms with Gasteiger partial charge in [-0.2, -0.15) is 0 Å². The number of hydrogen-bond acceptors (Lipinski definition) is 4. The van der Waals surface area contributed by atoms with Gasteiger partial charge in [-0.1, -0.05) is 12.1 Å². The summed E-state index contributed by atoms with van der Waals surface area (Å²) in [6, 6.07) is 7.59. The number of rotatable bonds is 4.